The number of aromatic nitrogens is 1. The lowest BCUT2D eigenvalue weighted by molar-refractivity contribution is 0.243. The van der Waals surface area contributed by atoms with Gasteiger partial charge in [-0.1, -0.05) is 30.3 Å². The third-order valence-corrected chi connectivity index (χ3v) is 6.59. The van der Waals surface area contributed by atoms with Gasteiger partial charge in [0.25, 0.3) is 0 Å². The van der Waals surface area contributed by atoms with Crippen LogP contribution in [-0.4, -0.2) is 30.4 Å². The van der Waals surface area contributed by atoms with Crippen molar-refractivity contribution in [3.8, 4) is 11.1 Å². The highest BCUT2D eigenvalue weighted by molar-refractivity contribution is 7.79. The van der Waals surface area contributed by atoms with Gasteiger partial charge in [-0.15, -0.1) is 11.3 Å². The molecule has 0 unspecified atom stereocenters. The Hall–Kier alpha value is -2.38. The maximum absolute atomic E-state index is 14.1. The molecule has 1 aliphatic carbocycles. The van der Waals surface area contributed by atoms with Gasteiger partial charge in [-0.25, -0.2) is 14.2 Å². The Balaban J connectivity index is 0.00000106. The van der Waals surface area contributed by atoms with E-state index in [1.807, 2.05) is 52.4 Å². The summed E-state index contributed by atoms with van der Waals surface area (Å²) in [5.74, 6) is -0.244. The van der Waals surface area contributed by atoms with Crippen LogP contribution in [0.25, 0.3) is 11.1 Å². The van der Waals surface area contributed by atoms with Gasteiger partial charge in [-0.05, 0) is 49.8 Å². The highest BCUT2D eigenvalue weighted by Gasteiger charge is 2.52. The lowest BCUT2D eigenvalue weighted by atomic mass is 10.0. The first-order chi connectivity index (χ1) is 14.5. The molecule has 1 spiro atoms. The SMILES string of the molecule is CS.Cc1csc(N2CC3(CC3)CN(c3ccc(-c4ccccc4F)cc3)C2=O)n1. The van der Waals surface area contributed by atoms with Crippen LogP contribution in [0.3, 0.4) is 0 Å². The molecule has 5 rings (SSSR count). The second-order valence-electron chi connectivity index (χ2n) is 7.75. The van der Waals surface area contributed by atoms with Gasteiger partial charge in [0, 0.05) is 35.1 Å². The fourth-order valence-corrected chi connectivity index (χ4v) is 4.62. The highest BCUT2D eigenvalue weighted by atomic mass is 32.1. The van der Waals surface area contributed by atoms with Crippen LogP contribution in [0.2, 0.25) is 0 Å². The number of amides is 2. The van der Waals surface area contributed by atoms with Gasteiger partial charge >= 0.3 is 6.03 Å². The number of aryl methyl sites for hydroxylation is 1. The minimum atomic E-state index is -0.244. The number of halogens is 1. The fourth-order valence-electron chi connectivity index (χ4n) is 3.83. The van der Waals surface area contributed by atoms with Gasteiger partial charge in [0.05, 0.1) is 5.69 Å². The van der Waals surface area contributed by atoms with Crippen molar-refractivity contribution >= 4 is 40.8 Å². The molecule has 0 radical (unpaired) electrons. The van der Waals surface area contributed by atoms with Gasteiger partial charge in [0.15, 0.2) is 5.13 Å². The first-order valence-corrected chi connectivity index (χ1v) is 11.6. The molecular weight excluding hydrogens is 417 g/mol. The summed E-state index contributed by atoms with van der Waals surface area (Å²) in [7, 11) is 0. The van der Waals surface area contributed by atoms with Crippen LogP contribution in [0.1, 0.15) is 18.5 Å². The van der Waals surface area contributed by atoms with E-state index in [0.717, 1.165) is 48.0 Å². The Morgan fingerprint density at radius 3 is 2.30 bits per heavy atom. The van der Waals surface area contributed by atoms with E-state index in [1.165, 1.54) is 17.4 Å². The lowest BCUT2D eigenvalue weighted by Crippen LogP contribution is -2.55. The van der Waals surface area contributed by atoms with Crippen molar-refractivity contribution in [1.82, 2.24) is 4.98 Å². The van der Waals surface area contributed by atoms with E-state index in [-0.39, 0.29) is 17.3 Å². The fraction of sp³-hybridized carbons (Fsp3) is 0.304. The van der Waals surface area contributed by atoms with E-state index in [4.69, 9.17) is 0 Å². The molecule has 0 bridgehead atoms. The zero-order valence-electron chi connectivity index (χ0n) is 17.0. The van der Waals surface area contributed by atoms with Crippen molar-refractivity contribution in [2.75, 3.05) is 29.1 Å². The quantitative estimate of drug-likeness (QED) is 0.504. The minimum Gasteiger partial charge on any atom is -0.293 e. The van der Waals surface area contributed by atoms with E-state index in [9.17, 15) is 9.18 Å². The molecule has 0 N–H and O–H groups in total. The number of thiazole rings is 1. The molecule has 30 heavy (non-hydrogen) atoms. The number of thiol groups is 1. The maximum Gasteiger partial charge on any atom is 0.330 e. The molecule has 2 heterocycles. The third kappa shape index (κ3) is 3.96. The van der Waals surface area contributed by atoms with Crippen molar-refractivity contribution in [3.63, 3.8) is 0 Å². The van der Waals surface area contributed by atoms with Crippen LogP contribution in [0.5, 0.6) is 0 Å². The second kappa shape index (κ2) is 8.40. The average Bonchev–Trinajstić information content (AvgIpc) is 3.39. The standard InChI is InChI=1S/C22H20FN3OS.CH4S/c1-15-12-28-20(24-15)26-14-22(10-11-22)13-25(21(26)27)17-8-6-16(7-9-17)18-4-2-3-5-19(18)23;1-2/h2-9,12H,10-11,13-14H2,1H3;2H,1H3. The molecule has 156 valence electrons. The predicted octanol–water partition coefficient (Wildman–Crippen LogP) is 6.03. The largest absolute Gasteiger partial charge is 0.330 e. The Morgan fingerprint density at radius 2 is 1.70 bits per heavy atom. The Morgan fingerprint density at radius 1 is 1.03 bits per heavy atom. The van der Waals surface area contributed by atoms with Crippen LogP contribution in [-0.2, 0) is 0 Å². The summed E-state index contributed by atoms with van der Waals surface area (Å²) in [4.78, 5) is 21.4. The van der Waals surface area contributed by atoms with Crippen molar-refractivity contribution in [1.29, 1.82) is 0 Å². The first kappa shape index (κ1) is 20.9. The number of urea groups is 1. The molecule has 1 aromatic heterocycles. The third-order valence-electron chi connectivity index (χ3n) is 5.61. The number of hydrogen-bond donors (Lipinski definition) is 1. The summed E-state index contributed by atoms with van der Waals surface area (Å²) in [6.45, 7) is 3.41. The summed E-state index contributed by atoms with van der Waals surface area (Å²) < 4.78 is 14.1. The second-order valence-corrected chi connectivity index (χ2v) is 8.59. The normalized spacial score (nSPS) is 17.0. The van der Waals surface area contributed by atoms with Crippen LogP contribution < -0.4 is 9.80 Å². The Kier molecular flexibility index (Phi) is 5.84. The van der Waals surface area contributed by atoms with Crippen molar-refractivity contribution in [2.24, 2.45) is 5.41 Å². The van der Waals surface area contributed by atoms with Crippen molar-refractivity contribution in [3.05, 3.63) is 65.4 Å². The monoisotopic (exact) mass is 441 g/mol. The lowest BCUT2D eigenvalue weighted by Gasteiger charge is -2.39. The number of carbonyl (C=O) groups is 1. The Labute approximate surface area is 185 Å². The number of rotatable bonds is 3. The van der Waals surface area contributed by atoms with E-state index >= 15 is 0 Å². The number of hydrogen-bond acceptors (Lipinski definition) is 4. The van der Waals surface area contributed by atoms with E-state index in [0.29, 0.717) is 5.56 Å². The number of benzene rings is 2. The number of carbonyl (C=O) groups excluding carboxylic acids is 1. The molecule has 1 aliphatic heterocycles. The van der Waals surface area contributed by atoms with Crippen LogP contribution in [0.4, 0.5) is 20.0 Å². The smallest absolute Gasteiger partial charge is 0.293 e. The van der Waals surface area contributed by atoms with Crippen molar-refractivity contribution in [2.45, 2.75) is 19.8 Å². The maximum atomic E-state index is 14.1. The molecule has 2 aliphatic rings. The summed E-state index contributed by atoms with van der Waals surface area (Å²) in [6, 6.07) is 14.3. The Bertz CT molecular complexity index is 1050. The summed E-state index contributed by atoms with van der Waals surface area (Å²) in [5, 5.41) is 2.74. The van der Waals surface area contributed by atoms with Gasteiger partial charge < -0.3 is 0 Å². The van der Waals surface area contributed by atoms with Crippen LogP contribution in [0.15, 0.2) is 53.9 Å². The van der Waals surface area contributed by atoms with E-state index in [1.54, 1.807) is 18.4 Å². The highest BCUT2D eigenvalue weighted by Crippen LogP contribution is 2.50. The van der Waals surface area contributed by atoms with Gasteiger partial charge in [0.2, 0.25) is 0 Å². The predicted molar refractivity (Wildman–Crippen MR) is 125 cm³/mol. The summed E-state index contributed by atoms with van der Waals surface area (Å²) >= 11 is 5.04. The molecule has 7 heteroatoms. The number of anilines is 2. The molecule has 2 fully saturated rings. The van der Waals surface area contributed by atoms with Gasteiger partial charge in [-0.2, -0.15) is 12.6 Å². The molecule has 4 nitrogen and oxygen atoms in total. The molecule has 2 amide bonds. The van der Waals surface area contributed by atoms with Gasteiger partial charge in [0.1, 0.15) is 5.82 Å². The molecule has 2 aromatic carbocycles. The topological polar surface area (TPSA) is 36.4 Å². The average molecular weight is 442 g/mol. The summed E-state index contributed by atoms with van der Waals surface area (Å²) in [6.07, 6.45) is 3.95. The van der Waals surface area contributed by atoms with Crippen LogP contribution in [0, 0.1) is 18.2 Å². The molecule has 3 aromatic rings. The first-order valence-electron chi connectivity index (χ1n) is 9.86. The zero-order chi connectivity index (χ0) is 21.3. The minimum absolute atomic E-state index is 0.0366. The van der Waals surface area contributed by atoms with Gasteiger partial charge in [-0.3, -0.25) is 9.80 Å². The van der Waals surface area contributed by atoms with E-state index < -0.39 is 0 Å². The molecule has 1 saturated heterocycles. The number of nitrogens with zero attached hydrogens (tertiary/aromatic N) is 3. The molecule has 0 atom stereocenters. The van der Waals surface area contributed by atoms with Crippen molar-refractivity contribution < 1.29 is 9.18 Å². The summed E-state index contributed by atoms with van der Waals surface area (Å²) in [5.41, 5.74) is 3.31. The molecule has 1 saturated carbocycles. The molecular formula is C23H24FN3OS2. The zero-order valence-corrected chi connectivity index (χ0v) is 18.7. The van der Waals surface area contributed by atoms with E-state index in [2.05, 4.69) is 17.6 Å². The van der Waals surface area contributed by atoms with Crippen LogP contribution >= 0.6 is 24.0 Å².